The number of nitrogens with two attached hydrogens (primary N) is 1. The number of hydrogen-bond acceptors (Lipinski definition) is 2. The summed E-state index contributed by atoms with van der Waals surface area (Å²) in [4.78, 5) is 0. The van der Waals surface area contributed by atoms with Crippen molar-refractivity contribution in [2.75, 3.05) is 0 Å². The lowest BCUT2D eigenvalue weighted by Crippen LogP contribution is -2.18. The summed E-state index contributed by atoms with van der Waals surface area (Å²) in [6, 6.07) is 6.61. The summed E-state index contributed by atoms with van der Waals surface area (Å²) in [6.07, 6.45) is 1.54. The Morgan fingerprint density at radius 1 is 1.35 bits per heavy atom. The first kappa shape index (κ1) is 15.2. The second-order valence-corrected chi connectivity index (χ2v) is 5.63. The Morgan fingerprint density at radius 3 is 2.70 bits per heavy atom. The van der Waals surface area contributed by atoms with Crippen LogP contribution in [0.2, 0.25) is 0 Å². The predicted octanol–water partition coefficient (Wildman–Crippen LogP) is 3.61. The molecular formula is C15H19BrFN3. The van der Waals surface area contributed by atoms with Crippen molar-refractivity contribution in [3.05, 3.63) is 51.5 Å². The van der Waals surface area contributed by atoms with E-state index in [0.717, 1.165) is 34.4 Å². The largest absolute Gasteiger partial charge is 0.322 e. The first-order chi connectivity index (χ1) is 9.55. The lowest BCUT2D eigenvalue weighted by atomic mass is 10.0. The molecule has 0 aliphatic carbocycles. The smallest absolute Gasteiger partial charge is 0.124 e. The third-order valence-electron chi connectivity index (χ3n) is 3.36. The van der Waals surface area contributed by atoms with Crippen molar-refractivity contribution in [2.45, 2.75) is 39.3 Å². The molecule has 20 heavy (non-hydrogen) atoms. The normalized spacial score (nSPS) is 12.7. The van der Waals surface area contributed by atoms with Gasteiger partial charge in [-0.25, -0.2) is 4.39 Å². The molecule has 5 heteroatoms. The van der Waals surface area contributed by atoms with E-state index in [1.807, 2.05) is 4.68 Å². The monoisotopic (exact) mass is 339 g/mol. The van der Waals surface area contributed by atoms with Crippen molar-refractivity contribution in [1.82, 2.24) is 9.78 Å². The fourth-order valence-corrected chi connectivity index (χ4v) is 2.75. The van der Waals surface area contributed by atoms with Gasteiger partial charge in [0, 0.05) is 11.0 Å². The van der Waals surface area contributed by atoms with Crippen molar-refractivity contribution < 1.29 is 4.39 Å². The van der Waals surface area contributed by atoms with Gasteiger partial charge in [-0.2, -0.15) is 5.10 Å². The molecule has 3 nitrogen and oxygen atoms in total. The van der Waals surface area contributed by atoms with E-state index in [9.17, 15) is 4.39 Å². The molecule has 2 aromatic rings. The zero-order valence-corrected chi connectivity index (χ0v) is 13.3. The molecule has 0 amide bonds. The molecule has 0 radical (unpaired) electrons. The van der Waals surface area contributed by atoms with Crippen molar-refractivity contribution in [3.8, 4) is 0 Å². The van der Waals surface area contributed by atoms with E-state index in [4.69, 9.17) is 5.73 Å². The van der Waals surface area contributed by atoms with Crippen LogP contribution in [-0.4, -0.2) is 9.78 Å². The first-order valence-corrected chi connectivity index (χ1v) is 7.60. The number of nitrogens with zero attached hydrogens (tertiary/aromatic N) is 2. The summed E-state index contributed by atoms with van der Waals surface area (Å²) in [5.41, 5.74) is 9.38. The molecule has 0 aliphatic rings. The van der Waals surface area contributed by atoms with E-state index in [2.05, 4.69) is 40.9 Å². The van der Waals surface area contributed by atoms with Gasteiger partial charge in [0.05, 0.1) is 17.4 Å². The van der Waals surface area contributed by atoms with E-state index in [1.54, 1.807) is 6.07 Å². The summed E-state index contributed by atoms with van der Waals surface area (Å²) in [7, 11) is 0. The van der Waals surface area contributed by atoms with Gasteiger partial charge in [0.2, 0.25) is 0 Å². The molecule has 108 valence electrons. The van der Waals surface area contributed by atoms with Gasteiger partial charge in [0.15, 0.2) is 0 Å². The predicted molar refractivity (Wildman–Crippen MR) is 82.0 cm³/mol. The Kier molecular flexibility index (Phi) is 4.94. The van der Waals surface area contributed by atoms with E-state index >= 15 is 0 Å². The Labute approximate surface area is 127 Å². The van der Waals surface area contributed by atoms with E-state index < -0.39 is 0 Å². The second-order valence-electron chi connectivity index (χ2n) is 4.78. The molecule has 1 heterocycles. The number of halogens is 2. The van der Waals surface area contributed by atoms with Crippen molar-refractivity contribution in [1.29, 1.82) is 0 Å². The number of hydrogen-bond donors (Lipinski definition) is 1. The summed E-state index contributed by atoms with van der Waals surface area (Å²) < 4.78 is 15.8. The minimum atomic E-state index is -0.249. The molecule has 0 bridgehead atoms. The Morgan fingerprint density at radius 2 is 2.10 bits per heavy atom. The number of aryl methyl sites for hydroxylation is 2. The van der Waals surface area contributed by atoms with Gasteiger partial charge >= 0.3 is 0 Å². The van der Waals surface area contributed by atoms with Crippen LogP contribution in [0, 0.1) is 5.82 Å². The molecule has 0 aliphatic heterocycles. The Bertz CT molecular complexity index is 595. The van der Waals surface area contributed by atoms with Crippen LogP contribution in [0.3, 0.4) is 0 Å². The van der Waals surface area contributed by atoms with Gasteiger partial charge < -0.3 is 5.73 Å². The van der Waals surface area contributed by atoms with Crippen LogP contribution in [0.1, 0.15) is 36.8 Å². The maximum atomic E-state index is 13.1. The second kappa shape index (κ2) is 6.50. The summed E-state index contributed by atoms with van der Waals surface area (Å²) in [6.45, 7) is 4.93. The third kappa shape index (κ3) is 3.27. The minimum absolute atomic E-state index is 0.149. The number of rotatable bonds is 5. The molecule has 2 rings (SSSR count). The van der Waals surface area contributed by atoms with Gasteiger partial charge in [0.25, 0.3) is 0 Å². The molecule has 1 aromatic heterocycles. The van der Waals surface area contributed by atoms with E-state index in [1.165, 1.54) is 12.1 Å². The van der Waals surface area contributed by atoms with Crippen LogP contribution in [-0.2, 0) is 19.4 Å². The number of benzene rings is 1. The van der Waals surface area contributed by atoms with Crippen molar-refractivity contribution in [2.24, 2.45) is 5.73 Å². The highest BCUT2D eigenvalue weighted by Gasteiger charge is 2.15. The molecule has 0 spiro atoms. The van der Waals surface area contributed by atoms with Gasteiger partial charge in [-0.05, 0) is 43.5 Å². The van der Waals surface area contributed by atoms with Crippen LogP contribution in [0.25, 0.3) is 0 Å². The lowest BCUT2D eigenvalue weighted by molar-refractivity contribution is 0.563. The molecule has 1 aromatic carbocycles. The fourth-order valence-electron chi connectivity index (χ4n) is 2.24. The molecule has 0 fully saturated rings. The first-order valence-electron chi connectivity index (χ1n) is 6.81. The van der Waals surface area contributed by atoms with Gasteiger partial charge in [0.1, 0.15) is 5.82 Å². The highest BCUT2D eigenvalue weighted by Crippen LogP contribution is 2.24. The fraction of sp³-hybridized carbons (Fsp3) is 0.400. The average Bonchev–Trinajstić information content (AvgIpc) is 2.85. The Hall–Kier alpha value is -1.20. The quantitative estimate of drug-likeness (QED) is 0.904. The van der Waals surface area contributed by atoms with Crippen LogP contribution >= 0.6 is 15.9 Å². The SMILES string of the molecule is CCc1cc(C(N)Cc2ccc(F)cc2Br)n(CC)n1. The molecule has 2 N–H and O–H groups in total. The van der Waals surface area contributed by atoms with Crippen LogP contribution in [0.5, 0.6) is 0 Å². The summed E-state index contributed by atoms with van der Waals surface area (Å²) in [5, 5.41) is 4.51. The topological polar surface area (TPSA) is 43.8 Å². The van der Waals surface area contributed by atoms with Crippen LogP contribution in [0.4, 0.5) is 4.39 Å². The van der Waals surface area contributed by atoms with Crippen molar-refractivity contribution >= 4 is 15.9 Å². The Balaban J connectivity index is 2.23. The summed E-state index contributed by atoms with van der Waals surface area (Å²) >= 11 is 3.38. The van der Waals surface area contributed by atoms with Gasteiger partial charge in [-0.1, -0.05) is 28.9 Å². The minimum Gasteiger partial charge on any atom is -0.322 e. The molecule has 1 atom stereocenters. The zero-order valence-electron chi connectivity index (χ0n) is 11.7. The van der Waals surface area contributed by atoms with E-state index in [0.29, 0.717) is 6.42 Å². The highest BCUT2D eigenvalue weighted by atomic mass is 79.9. The number of aromatic nitrogens is 2. The van der Waals surface area contributed by atoms with Crippen LogP contribution < -0.4 is 5.73 Å². The standard InChI is InChI=1S/C15H19BrFN3/c1-3-12-9-15(20(4-2)19-12)14(18)7-10-5-6-11(17)8-13(10)16/h5-6,8-9,14H,3-4,7,18H2,1-2H3. The van der Waals surface area contributed by atoms with Gasteiger partial charge in [-0.15, -0.1) is 0 Å². The molecule has 1 unspecified atom stereocenters. The van der Waals surface area contributed by atoms with Gasteiger partial charge in [-0.3, -0.25) is 4.68 Å². The average molecular weight is 340 g/mol. The third-order valence-corrected chi connectivity index (χ3v) is 4.10. The van der Waals surface area contributed by atoms with Crippen LogP contribution in [0.15, 0.2) is 28.7 Å². The maximum Gasteiger partial charge on any atom is 0.124 e. The van der Waals surface area contributed by atoms with Crippen molar-refractivity contribution in [3.63, 3.8) is 0 Å². The lowest BCUT2D eigenvalue weighted by Gasteiger charge is -2.14. The van der Waals surface area contributed by atoms with E-state index in [-0.39, 0.29) is 11.9 Å². The molecule has 0 saturated heterocycles. The summed E-state index contributed by atoms with van der Waals surface area (Å²) in [5.74, 6) is -0.249. The highest BCUT2D eigenvalue weighted by molar-refractivity contribution is 9.10. The maximum absolute atomic E-state index is 13.1. The molecule has 0 saturated carbocycles. The molecular weight excluding hydrogens is 321 g/mol. The zero-order chi connectivity index (χ0) is 14.7.